The number of aromatic hydroxyl groups is 2. The Bertz CT molecular complexity index is 722. The van der Waals surface area contributed by atoms with Gasteiger partial charge in [-0.15, -0.1) is 0 Å². The summed E-state index contributed by atoms with van der Waals surface area (Å²) in [6.45, 7) is 1.53. The Morgan fingerprint density at radius 3 is 2.41 bits per heavy atom. The van der Waals surface area contributed by atoms with Crippen LogP contribution in [-0.4, -0.2) is 48.4 Å². The van der Waals surface area contributed by atoms with Crippen molar-refractivity contribution in [2.75, 3.05) is 13.7 Å². The molecule has 0 radical (unpaired) electrons. The van der Waals surface area contributed by atoms with E-state index in [2.05, 4.69) is 4.74 Å². The highest BCUT2D eigenvalue weighted by molar-refractivity contribution is 5.91. The first kappa shape index (κ1) is 21.9. The Morgan fingerprint density at radius 2 is 1.89 bits per heavy atom. The lowest BCUT2D eigenvalue weighted by atomic mass is 9.84. The maximum Gasteiger partial charge on any atom is 0.316 e. The van der Waals surface area contributed by atoms with Crippen molar-refractivity contribution in [2.24, 2.45) is 11.8 Å². The van der Waals surface area contributed by atoms with Crippen molar-refractivity contribution in [2.45, 2.75) is 19.8 Å². The number of hydrogen-bond donors (Lipinski definition) is 2. The third-order valence-electron chi connectivity index (χ3n) is 4.03. The molecule has 0 aromatic heterocycles. The van der Waals surface area contributed by atoms with Gasteiger partial charge in [0.25, 0.3) is 0 Å². The quantitative estimate of drug-likeness (QED) is 0.205. The zero-order valence-corrected chi connectivity index (χ0v) is 15.1. The van der Waals surface area contributed by atoms with E-state index in [0.717, 1.165) is 7.11 Å². The molecule has 0 bridgehead atoms. The van der Waals surface area contributed by atoms with Crippen molar-refractivity contribution >= 4 is 24.5 Å². The van der Waals surface area contributed by atoms with E-state index in [-0.39, 0.29) is 36.5 Å². The minimum atomic E-state index is -1.30. The van der Waals surface area contributed by atoms with Crippen LogP contribution in [0.15, 0.2) is 29.8 Å². The zero-order valence-electron chi connectivity index (χ0n) is 15.1. The van der Waals surface area contributed by atoms with Gasteiger partial charge in [-0.05, 0) is 30.2 Å². The highest BCUT2D eigenvalue weighted by atomic mass is 16.5. The Kier molecular flexibility index (Phi) is 8.71. The first-order chi connectivity index (χ1) is 12.9. The predicted octanol–water partition coefficient (Wildman–Crippen LogP) is 1.32. The van der Waals surface area contributed by atoms with Gasteiger partial charge in [0.1, 0.15) is 18.5 Å². The molecule has 0 heterocycles. The van der Waals surface area contributed by atoms with Crippen LogP contribution in [0.5, 0.6) is 11.5 Å². The molecular weight excluding hydrogens is 356 g/mol. The van der Waals surface area contributed by atoms with Gasteiger partial charge in [0.05, 0.1) is 20.1 Å². The summed E-state index contributed by atoms with van der Waals surface area (Å²) in [5, 5.41) is 18.7. The van der Waals surface area contributed by atoms with E-state index in [4.69, 9.17) is 4.74 Å². The van der Waals surface area contributed by atoms with Crippen molar-refractivity contribution < 1.29 is 38.9 Å². The second-order valence-corrected chi connectivity index (χ2v) is 5.70. The number of phenols is 2. The number of methoxy groups -OCH3 is 1. The van der Waals surface area contributed by atoms with Crippen LogP contribution in [0.3, 0.4) is 0 Å². The topological polar surface area (TPSA) is 127 Å². The molecule has 1 aromatic carbocycles. The second-order valence-electron chi connectivity index (χ2n) is 5.70. The fourth-order valence-corrected chi connectivity index (χ4v) is 2.52. The summed E-state index contributed by atoms with van der Waals surface area (Å²) < 4.78 is 9.65. The monoisotopic (exact) mass is 378 g/mol. The molecule has 2 N–H and O–H groups in total. The van der Waals surface area contributed by atoms with Crippen molar-refractivity contribution in [3.63, 3.8) is 0 Å². The number of benzene rings is 1. The molecule has 2 atom stereocenters. The van der Waals surface area contributed by atoms with Gasteiger partial charge in [-0.1, -0.05) is 12.1 Å². The van der Waals surface area contributed by atoms with Crippen LogP contribution in [-0.2, 0) is 35.1 Å². The lowest BCUT2D eigenvalue weighted by Crippen LogP contribution is -2.30. The second kappa shape index (κ2) is 10.7. The SMILES string of the molecule is C/C=C(/C=O)C(CC(=O)OCCc1ccc(O)c(O)c1)C(C=O)C(=O)OC. The maximum atomic E-state index is 12.1. The molecule has 0 spiro atoms. The van der Waals surface area contributed by atoms with E-state index in [0.29, 0.717) is 18.1 Å². The van der Waals surface area contributed by atoms with Crippen LogP contribution >= 0.6 is 0 Å². The molecule has 0 aliphatic rings. The number of hydrogen-bond acceptors (Lipinski definition) is 8. The van der Waals surface area contributed by atoms with Gasteiger partial charge in [-0.25, -0.2) is 0 Å². The summed E-state index contributed by atoms with van der Waals surface area (Å²) in [5.41, 5.74) is 0.759. The summed E-state index contributed by atoms with van der Waals surface area (Å²) >= 11 is 0. The van der Waals surface area contributed by atoms with Crippen LogP contribution in [0, 0.1) is 11.8 Å². The number of rotatable bonds is 10. The first-order valence-electron chi connectivity index (χ1n) is 8.18. The lowest BCUT2D eigenvalue weighted by molar-refractivity contribution is -0.150. The molecule has 0 aliphatic carbocycles. The Labute approximate surface area is 156 Å². The standard InChI is InChI=1S/C19H22O8/c1-3-13(10-20)14(15(11-21)19(25)26-2)9-18(24)27-7-6-12-4-5-16(22)17(23)8-12/h3-5,8,10-11,14-15,22-23H,6-7,9H2,1-2H3/b13-3-. The molecule has 146 valence electrons. The smallest absolute Gasteiger partial charge is 0.316 e. The predicted molar refractivity (Wildman–Crippen MR) is 93.9 cm³/mol. The van der Waals surface area contributed by atoms with Gasteiger partial charge < -0.3 is 24.5 Å². The first-order valence-corrected chi connectivity index (χ1v) is 8.18. The molecule has 0 amide bonds. The minimum absolute atomic E-state index is 0.0218. The largest absolute Gasteiger partial charge is 0.504 e. The molecule has 1 aromatic rings. The molecular formula is C19H22O8. The fraction of sp³-hybridized carbons (Fsp3) is 0.368. The summed E-state index contributed by atoms with van der Waals surface area (Å²) in [6, 6.07) is 4.22. The minimum Gasteiger partial charge on any atom is -0.504 e. The van der Waals surface area contributed by atoms with Crippen LogP contribution in [0.25, 0.3) is 0 Å². The number of esters is 2. The normalized spacial score (nSPS) is 13.3. The molecule has 0 aliphatic heterocycles. The van der Waals surface area contributed by atoms with Crippen molar-refractivity contribution in [3.05, 3.63) is 35.4 Å². The Morgan fingerprint density at radius 1 is 1.19 bits per heavy atom. The van der Waals surface area contributed by atoms with Crippen LogP contribution in [0.1, 0.15) is 18.9 Å². The fourth-order valence-electron chi connectivity index (χ4n) is 2.52. The highest BCUT2D eigenvalue weighted by Gasteiger charge is 2.33. The Balaban J connectivity index is 2.75. The molecule has 2 unspecified atom stereocenters. The van der Waals surface area contributed by atoms with E-state index in [1.807, 2.05) is 0 Å². The lowest BCUT2D eigenvalue weighted by Gasteiger charge is -2.20. The molecule has 0 fully saturated rings. The maximum absolute atomic E-state index is 12.1. The summed E-state index contributed by atoms with van der Waals surface area (Å²) in [5.74, 6) is -4.36. The molecule has 1 rings (SSSR count). The van der Waals surface area contributed by atoms with E-state index in [1.54, 1.807) is 13.0 Å². The van der Waals surface area contributed by atoms with Gasteiger partial charge in [0, 0.05) is 12.3 Å². The number of carbonyl (C=O) groups excluding carboxylic acids is 4. The van der Waals surface area contributed by atoms with Crippen LogP contribution < -0.4 is 0 Å². The molecule has 0 saturated carbocycles. The molecule has 27 heavy (non-hydrogen) atoms. The Hall–Kier alpha value is -3.16. The van der Waals surface area contributed by atoms with Gasteiger partial charge >= 0.3 is 11.9 Å². The number of aldehydes is 2. The van der Waals surface area contributed by atoms with Gasteiger partial charge in [0.2, 0.25) is 0 Å². The average Bonchev–Trinajstić information content (AvgIpc) is 2.65. The van der Waals surface area contributed by atoms with Gasteiger partial charge in [-0.2, -0.15) is 0 Å². The van der Waals surface area contributed by atoms with Crippen molar-refractivity contribution in [3.8, 4) is 11.5 Å². The van der Waals surface area contributed by atoms with Gasteiger partial charge in [0.15, 0.2) is 11.5 Å². The van der Waals surface area contributed by atoms with Crippen molar-refractivity contribution in [1.82, 2.24) is 0 Å². The third kappa shape index (κ3) is 6.25. The zero-order chi connectivity index (χ0) is 20.4. The summed E-state index contributed by atoms with van der Waals surface area (Å²) in [6.07, 6.45) is 2.18. The van der Waals surface area contributed by atoms with Crippen LogP contribution in [0.4, 0.5) is 0 Å². The molecule has 8 nitrogen and oxygen atoms in total. The number of ether oxygens (including phenoxy) is 2. The third-order valence-corrected chi connectivity index (χ3v) is 4.03. The highest BCUT2D eigenvalue weighted by Crippen LogP contribution is 2.26. The number of allylic oxidation sites excluding steroid dienone is 2. The molecule has 8 heteroatoms. The number of carbonyl (C=O) groups is 4. The van der Waals surface area contributed by atoms with E-state index in [1.165, 1.54) is 18.2 Å². The summed E-state index contributed by atoms with van der Waals surface area (Å²) in [4.78, 5) is 46.4. The van der Waals surface area contributed by atoms with E-state index >= 15 is 0 Å². The van der Waals surface area contributed by atoms with Crippen molar-refractivity contribution in [1.29, 1.82) is 0 Å². The average molecular weight is 378 g/mol. The van der Waals surface area contributed by atoms with E-state index in [9.17, 15) is 29.4 Å². The van der Waals surface area contributed by atoms with E-state index < -0.39 is 23.8 Å². The molecule has 0 saturated heterocycles. The summed E-state index contributed by atoms with van der Waals surface area (Å²) in [7, 11) is 1.11. The van der Waals surface area contributed by atoms with Crippen LogP contribution in [0.2, 0.25) is 0 Å². The van der Waals surface area contributed by atoms with Gasteiger partial charge in [-0.3, -0.25) is 14.4 Å². The number of phenolic OH excluding ortho intramolecular Hbond substituents is 2.